The fourth-order valence-electron chi connectivity index (χ4n) is 10.6. The number of benzene rings is 9. The number of fused-ring (bicyclic) bond motifs is 9. The van der Waals surface area contributed by atoms with Crippen molar-refractivity contribution in [3.63, 3.8) is 0 Å². The summed E-state index contributed by atoms with van der Waals surface area (Å²) in [4.78, 5) is 15.8. The van der Waals surface area contributed by atoms with E-state index in [0.717, 1.165) is 33.1 Å². The quantitative estimate of drug-likeness (QED) is 0.162. The van der Waals surface area contributed by atoms with Gasteiger partial charge in [-0.2, -0.15) is 0 Å². The summed E-state index contributed by atoms with van der Waals surface area (Å²) < 4.78 is 11.6. The molecule has 0 spiro atoms. The molecule has 64 heavy (non-hydrogen) atoms. The predicted molar refractivity (Wildman–Crippen MR) is 275 cm³/mol. The number of halogens is 1. The van der Waals surface area contributed by atoms with Crippen LogP contribution >= 0.6 is 18.0 Å². The Morgan fingerprint density at radius 2 is 1.08 bits per heavy atom. The van der Waals surface area contributed by atoms with E-state index in [0.29, 0.717) is 17.6 Å². The number of hydrogen-bond donors (Lipinski definition) is 0. The summed E-state index contributed by atoms with van der Waals surface area (Å²) in [5, 5.41) is 4.90. The molecule has 4 nitrogen and oxygen atoms in total. The molecule has 0 N–H and O–H groups in total. The zero-order valence-electron chi connectivity index (χ0n) is 35.4. The van der Waals surface area contributed by atoms with Crippen LogP contribution in [0.5, 0.6) is 0 Å². The number of nitrogens with zero attached hydrogens (tertiary/aromatic N) is 4. The van der Waals surface area contributed by atoms with Crippen molar-refractivity contribution in [3.8, 4) is 62.1 Å². The van der Waals surface area contributed by atoms with Crippen molar-refractivity contribution in [1.29, 1.82) is 0 Å². The summed E-state index contributed by atoms with van der Waals surface area (Å²) in [6, 6.07) is 72.7. The third kappa shape index (κ3) is 5.28. The van der Waals surface area contributed by atoms with Gasteiger partial charge in [-0.05, 0) is 10.8 Å². The van der Waals surface area contributed by atoms with E-state index < -0.39 is 18.0 Å². The number of hydrogen-bond acceptors (Lipinski definition) is 3. The van der Waals surface area contributed by atoms with Crippen LogP contribution in [0.25, 0.3) is 94.7 Å². The molecule has 2 aliphatic rings. The van der Waals surface area contributed by atoms with Crippen molar-refractivity contribution < 1.29 is 0 Å². The maximum absolute atomic E-state index is 5.37. The second kappa shape index (κ2) is 13.8. The van der Waals surface area contributed by atoms with Gasteiger partial charge in [0.05, 0.1) is 0 Å². The van der Waals surface area contributed by atoms with Gasteiger partial charge in [0.25, 0.3) is 0 Å². The fourth-order valence-corrected chi connectivity index (χ4v) is 18.7. The first-order chi connectivity index (χ1) is 31.4. The molecule has 1 atom stereocenters. The van der Waals surface area contributed by atoms with Gasteiger partial charge in [-0.25, -0.2) is 4.98 Å². The van der Waals surface area contributed by atoms with Crippen LogP contribution in [0.15, 0.2) is 200 Å². The molecule has 0 radical (unpaired) electrons. The van der Waals surface area contributed by atoms with Crippen molar-refractivity contribution in [2.75, 3.05) is 0 Å². The molecule has 13 rings (SSSR count). The van der Waals surface area contributed by atoms with Gasteiger partial charge in [0.15, 0.2) is 0 Å². The van der Waals surface area contributed by atoms with Crippen LogP contribution in [0.3, 0.4) is 0 Å². The third-order valence-corrected chi connectivity index (χ3v) is 22.3. The van der Waals surface area contributed by atoms with Crippen molar-refractivity contribution in [2.45, 2.75) is 19.3 Å². The van der Waals surface area contributed by atoms with Crippen molar-refractivity contribution in [1.82, 2.24) is 19.5 Å². The Balaban J connectivity index is 1.10. The molecule has 9 aromatic carbocycles. The Labute approximate surface area is 375 Å². The maximum atomic E-state index is 5.37. The Morgan fingerprint density at radius 1 is 0.469 bits per heavy atom. The summed E-state index contributed by atoms with van der Waals surface area (Å²) in [5.41, 5.74) is 13.8. The van der Waals surface area contributed by atoms with Gasteiger partial charge in [-0.15, -0.1) is 0 Å². The van der Waals surface area contributed by atoms with Crippen LogP contribution in [0.4, 0.5) is 0 Å². The van der Waals surface area contributed by atoms with Gasteiger partial charge >= 0.3 is 254 Å². The molecule has 0 fully saturated rings. The van der Waals surface area contributed by atoms with Gasteiger partial charge in [0.2, 0.25) is 0 Å². The third-order valence-electron chi connectivity index (χ3n) is 13.6. The number of aromatic nitrogens is 4. The molecule has 5 heteroatoms. The van der Waals surface area contributed by atoms with E-state index >= 15 is 0 Å². The molecular formula is C59H41IN4. The molecule has 304 valence electrons. The molecule has 11 aromatic rings. The summed E-state index contributed by atoms with van der Waals surface area (Å²) in [6.07, 6.45) is 0. The first-order valence-corrected chi connectivity index (χ1v) is 26.5. The minimum absolute atomic E-state index is 0.354. The van der Waals surface area contributed by atoms with Gasteiger partial charge < -0.3 is 0 Å². The summed E-state index contributed by atoms with van der Waals surface area (Å²) in [6.45, 7) is 4.76. The average molecular weight is 933 g/mol. The molecule has 1 aliphatic heterocycles. The summed E-state index contributed by atoms with van der Waals surface area (Å²) in [5.74, 6) is 1.86. The molecule has 1 aliphatic carbocycles. The van der Waals surface area contributed by atoms with Gasteiger partial charge in [-0.1, -0.05) is 97.1 Å². The zero-order valence-corrected chi connectivity index (χ0v) is 37.6. The molecule has 0 amide bonds. The summed E-state index contributed by atoms with van der Waals surface area (Å²) >= 11 is -3.02. The molecule has 0 bridgehead atoms. The second-order valence-corrected chi connectivity index (χ2v) is 24.9. The van der Waals surface area contributed by atoms with Gasteiger partial charge in [0.1, 0.15) is 0 Å². The van der Waals surface area contributed by atoms with E-state index in [1.54, 1.807) is 0 Å². The first kappa shape index (κ1) is 37.2. The topological polar surface area (TPSA) is 43.6 Å². The van der Waals surface area contributed by atoms with Crippen LogP contribution in [-0.2, 0) is 5.41 Å². The Morgan fingerprint density at radius 3 is 1.81 bits per heavy atom. The monoisotopic (exact) mass is 932 g/mol. The Hall–Kier alpha value is -7.35. The average Bonchev–Trinajstić information content (AvgIpc) is 3.82. The Kier molecular flexibility index (Phi) is 8.04. The van der Waals surface area contributed by atoms with E-state index in [9.17, 15) is 0 Å². The number of rotatable bonds is 5. The molecule has 1 unspecified atom stereocenters. The van der Waals surface area contributed by atoms with Gasteiger partial charge in [0, 0.05) is 11.1 Å². The fraction of sp³-hybridized carbons (Fsp3) is 0.0508. The molecule has 0 saturated heterocycles. The summed E-state index contributed by atoms with van der Waals surface area (Å²) in [7, 11) is 0. The van der Waals surface area contributed by atoms with E-state index in [2.05, 4.69) is 182 Å². The minimum atomic E-state index is -3.02. The van der Waals surface area contributed by atoms with Crippen LogP contribution in [0, 0.1) is 10.7 Å². The molecule has 3 heterocycles. The van der Waals surface area contributed by atoms with E-state index in [-0.39, 0.29) is 5.41 Å². The van der Waals surface area contributed by atoms with Crippen LogP contribution in [0.2, 0.25) is 0 Å². The van der Waals surface area contributed by atoms with E-state index in [1.165, 1.54) is 65.8 Å². The molecular weight excluding hydrogens is 892 g/mol. The van der Waals surface area contributed by atoms with Crippen molar-refractivity contribution in [2.24, 2.45) is 0 Å². The first-order valence-electron chi connectivity index (χ1n) is 21.8. The SMILES string of the molecule is C=I1(c2ccccc2)c2ccccc2-c2cc(-c3ccc4c(c3)c3ccc5c(c3n4-c3nc(-c4ccccc4)nc(-c4ccccc4)n3)C(C)(C)c3cccc4cccc-5c34)ccc21. The standard InChI is InChI=1S/C59H41IN4/c1-59(2)49-27-16-22-37-21-15-26-44(53(37)49)45-31-32-46-48-36-41(40-29-33-51-47(35-40)43-25-13-14-28-50(43)60(51,3)42-23-11-6-12-24-42)30-34-52(48)64(55(46)54(45)59)58-62-56(38-17-7-4-8-18-38)61-57(63-58)39-19-9-5-10-20-39/h4-36H,3H2,1-2H3. The molecule has 2 aromatic heterocycles. The van der Waals surface area contributed by atoms with Crippen molar-refractivity contribution in [3.05, 3.63) is 222 Å². The van der Waals surface area contributed by atoms with Crippen LogP contribution in [0.1, 0.15) is 25.0 Å². The van der Waals surface area contributed by atoms with Crippen LogP contribution in [-0.4, -0.2) is 24.0 Å². The zero-order chi connectivity index (χ0) is 42.7. The van der Waals surface area contributed by atoms with Crippen LogP contribution < -0.4 is 0 Å². The van der Waals surface area contributed by atoms with E-state index in [1.807, 2.05) is 36.4 Å². The molecule has 0 saturated carbocycles. The Bertz CT molecular complexity index is 3710. The predicted octanol–water partition coefficient (Wildman–Crippen LogP) is 14.8. The van der Waals surface area contributed by atoms with E-state index in [4.69, 9.17) is 19.5 Å². The normalized spacial score (nSPS) is 16.6. The van der Waals surface area contributed by atoms with Crippen molar-refractivity contribution >= 4 is 55.1 Å². The van der Waals surface area contributed by atoms with Gasteiger partial charge in [-0.3, -0.25) is 0 Å². The second-order valence-electron chi connectivity index (χ2n) is 17.5.